The van der Waals surface area contributed by atoms with E-state index in [1.807, 2.05) is 13.8 Å². The van der Waals surface area contributed by atoms with Gasteiger partial charge in [-0.1, -0.05) is 20.3 Å². The third-order valence-electron chi connectivity index (χ3n) is 2.46. The summed E-state index contributed by atoms with van der Waals surface area (Å²) >= 11 is 0. The number of carbonyl (C=O) groups is 1. The Labute approximate surface area is 97.1 Å². The Kier molecular flexibility index (Phi) is 7.68. The normalized spacial score (nSPS) is 12.6. The molecule has 0 aliphatic heterocycles. The zero-order chi connectivity index (χ0) is 12.6. The van der Waals surface area contributed by atoms with Gasteiger partial charge in [0.2, 0.25) is 0 Å². The summed E-state index contributed by atoms with van der Waals surface area (Å²) in [6.45, 7) is 4.01. The van der Waals surface area contributed by atoms with Gasteiger partial charge in [-0.05, 0) is 12.8 Å². The molecule has 0 aromatic rings. The third-order valence-corrected chi connectivity index (χ3v) is 2.81. The molecule has 0 spiro atoms. The molecule has 0 amide bonds. The first kappa shape index (κ1) is 15.7. The van der Waals surface area contributed by atoms with Gasteiger partial charge in [0.05, 0.1) is 0 Å². The summed E-state index contributed by atoms with van der Waals surface area (Å²) in [5.74, 6) is -0.151. The van der Waals surface area contributed by atoms with Crippen LogP contribution in [0.3, 0.4) is 0 Å². The molecule has 0 fully saturated rings. The molecule has 0 aliphatic carbocycles. The molecule has 0 saturated carbocycles. The molecule has 0 bridgehead atoms. The predicted molar refractivity (Wildman–Crippen MR) is 60.3 cm³/mol. The second-order valence-electron chi connectivity index (χ2n) is 4.27. The first-order valence-electron chi connectivity index (χ1n) is 5.21. The van der Waals surface area contributed by atoms with Gasteiger partial charge in [-0.15, -0.1) is 9.42 Å². The smallest absolute Gasteiger partial charge is 0.385 e. The Hall–Kier alpha value is -0.350. The van der Waals surface area contributed by atoms with Crippen molar-refractivity contribution in [1.82, 2.24) is 0 Å². The van der Waals surface area contributed by atoms with Gasteiger partial charge in [0.1, 0.15) is 0 Å². The minimum Gasteiger partial charge on any atom is -0.385 e. The number of ether oxygens (including phenoxy) is 1. The number of carbonyl (C=O) groups excluding carboxylic acids is 1. The number of Topliss-reactive ketones (excluding diaryl/α,β-unsaturated/α-hetero) is 1. The average molecular weight is 251 g/mol. The van der Waals surface area contributed by atoms with Crippen molar-refractivity contribution in [3.8, 4) is 0 Å². The maximum absolute atomic E-state index is 11.6. The lowest BCUT2D eigenvalue weighted by molar-refractivity contribution is -0.129. The summed E-state index contributed by atoms with van der Waals surface area (Å²) in [5.41, 5.74) is -0.515. The number of hydrogen-bond acceptors (Lipinski definition) is 4. The molecule has 0 radical (unpaired) electrons. The van der Waals surface area contributed by atoms with Crippen molar-refractivity contribution in [3.05, 3.63) is 0 Å². The van der Waals surface area contributed by atoms with E-state index in [-0.39, 0.29) is 12.4 Å². The van der Waals surface area contributed by atoms with E-state index in [9.17, 15) is 9.36 Å². The minimum atomic E-state index is -2.69. The number of unbranched alkanes of at least 4 members (excludes halogenated alkanes) is 1. The van der Waals surface area contributed by atoms with Crippen LogP contribution in [0, 0.1) is 5.41 Å². The molecular formula is C10H20O5P+. The lowest BCUT2D eigenvalue weighted by Gasteiger charge is -2.21. The molecule has 6 heteroatoms. The van der Waals surface area contributed by atoms with Crippen LogP contribution in [0.15, 0.2) is 0 Å². The van der Waals surface area contributed by atoms with Crippen molar-refractivity contribution < 1.29 is 23.5 Å². The summed E-state index contributed by atoms with van der Waals surface area (Å²) in [6, 6.07) is 0. The molecule has 0 saturated heterocycles. The van der Waals surface area contributed by atoms with E-state index < -0.39 is 13.7 Å². The van der Waals surface area contributed by atoms with Crippen molar-refractivity contribution in [2.75, 3.05) is 20.3 Å². The molecule has 1 N–H and O–H groups in total. The molecule has 5 nitrogen and oxygen atoms in total. The van der Waals surface area contributed by atoms with Crippen LogP contribution >= 0.6 is 8.25 Å². The highest BCUT2D eigenvalue weighted by Crippen LogP contribution is 2.26. The Morgan fingerprint density at radius 2 is 2.00 bits per heavy atom. The molecule has 1 atom stereocenters. The summed E-state index contributed by atoms with van der Waals surface area (Å²) in [7, 11) is -1.05. The zero-order valence-electron chi connectivity index (χ0n) is 10.1. The van der Waals surface area contributed by atoms with E-state index in [2.05, 4.69) is 4.52 Å². The third kappa shape index (κ3) is 7.01. The highest BCUT2D eigenvalue weighted by atomic mass is 31.1. The monoisotopic (exact) mass is 251 g/mol. The molecule has 0 aliphatic rings. The molecule has 94 valence electrons. The fraction of sp³-hybridized carbons (Fsp3) is 0.900. The largest absolute Gasteiger partial charge is 0.695 e. The summed E-state index contributed by atoms with van der Waals surface area (Å²) in [4.78, 5) is 20.1. The standard InChI is InChI=1S/C10H19O5P/c1-10(2,6-4-5-7-14-3)9(11)8-15-16(12)13/h4-8H2,1-3H3/p+1. The lowest BCUT2D eigenvalue weighted by atomic mass is 9.83. The lowest BCUT2D eigenvalue weighted by Crippen LogP contribution is -2.27. The van der Waals surface area contributed by atoms with Gasteiger partial charge in [0, 0.05) is 23.7 Å². The van der Waals surface area contributed by atoms with E-state index in [0.29, 0.717) is 6.61 Å². The van der Waals surface area contributed by atoms with Gasteiger partial charge in [0.25, 0.3) is 0 Å². The van der Waals surface area contributed by atoms with Crippen LogP contribution in [0.4, 0.5) is 0 Å². The quantitative estimate of drug-likeness (QED) is 0.501. The minimum absolute atomic E-state index is 0.151. The Balaban J connectivity index is 3.90. The van der Waals surface area contributed by atoms with Crippen molar-refractivity contribution in [2.24, 2.45) is 5.41 Å². The fourth-order valence-corrected chi connectivity index (χ4v) is 1.49. The molecule has 0 heterocycles. The van der Waals surface area contributed by atoms with Gasteiger partial charge in [0.15, 0.2) is 12.4 Å². The molecule has 0 rings (SSSR count). The Morgan fingerprint density at radius 1 is 1.38 bits per heavy atom. The predicted octanol–water partition coefficient (Wildman–Crippen LogP) is 2.06. The first-order chi connectivity index (χ1) is 7.40. The van der Waals surface area contributed by atoms with Crippen molar-refractivity contribution in [1.29, 1.82) is 0 Å². The average Bonchev–Trinajstić information content (AvgIpc) is 2.20. The van der Waals surface area contributed by atoms with E-state index >= 15 is 0 Å². The second-order valence-corrected chi connectivity index (χ2v) is 5.00. The van der Waals surface area contributed by atoms with E-state index in [4.69, 9.17) is 9.63 Å². The van der Waals surface area contributed by atoms with Crippen LogP contribution in [-0.2, 0) is 18.6 Å². The number of rotatable bonds is 9. The summed E-state index contributed by atoms with van der Waals surface area (Å²) in [6.07, 6.45) is 2.51. The molecule has 1 unspecified atom stereocenters. The van der Waals surface area contributed by atoms with Gasteiger partial charge >= 0.3 is 8.25 Å². The van der Waals surface area contributed by atoms with Gasteiger partial charge < -0.3 is 4.74 Å². The maximum Gasteiger partial charge on any atom is 0.695 e. The van der Waals surface area contributed by atoms with Crippen LogP contribution in [0.25, 0.3) is 0 Å². The number of hydrogen-bond donors (Lipinski definition) is 1. The zero-order valence-corrected chi connectivity index (χ0v) is 11.0. The van der Waals surface area contributed by atoms with E-state index in [1.54, 1.807) is 7.11 Å². The highest BCUT2D eigenvalue weighted by Gasteiger charge is 2.29. The SMILES string of the molecule is COCCCCC(C)(C)C(=O)CO[P+](=O)O. The molecular weight excluding hydrogens is 231 g/mol. The maximum atomic E-state index is 11.6. The van der Waals surface area contributed by atoms with Crippen molar-refractivity contribution in [2.45, 2.75) is 33.1 Å². The Morgan fingerprint density at radius 3 is 2.50 bits per heavy atom. The van der Waals surface area contributed by atoms with Crippen LogP contribution in [-0.4, -0.2) is 31.0 Å². The van der Waals surface area contributed by atoms with Gasteiger partial charge in [-0.2, -0.15) is 0 Å². The molecule has 0 aromatic carbocycles. The van der Waals surface area contributed by atoms with Crippen molar-refractivity contribution in [3.63, 3.8) is 0 Å². The molecule has 16 heavy (non-hydrogen) atoms. The van der Waals surface area contributed by atoms with Crippen LogP contribution < -0.4 is 0 Å². The van der Waals surface area contributed by atoms with E-state index in [0.717, 1.165) is 19.3 Å². The van der Waals surface area contributed by atoms with Crippen LogP contribution in [0.2, 0.25) is 0 Å². The van der Waals surface area contributed by atoms with E-state index in [1.165, 1.54) is 0 Å². The fourth-order valence-electron chi connectivity index (χ4n) is 1.26. The first-order valence-corrected chi connectivity index (χ1v) is 6.34. The van der Waals surface area contributed by atoms with Crippen molar-refractivity contribution >= 4 is 14.0 Å². The summed E-state index contributed by atoms with van der Waals surface area (Å²) < 4.78 is 19.6. The van der Waals surface area contributed by atoms with Gasteiger partial charge in [-0.3, -0.25) is 4.79 Å². The highest BCUT2D eigenvalue weighted by molar-refractivity contribution is 7.32. The number of ketones is 1. The Bertz CT molecular complexity index is 239. The van der Waals surface area contributed by atoms with Crippen LogP contribution in [0.1, 0.15) is 33.1 Å². The summed E-state index contributed by atoms with van der Waals surface area (Å²) in [5, 5.41) is 0. The van der Waals surface area contributed by atoms with Crippen LogP contribution in [0.5, 0.6) is 0 Å². The second kappa shape index (κ2) is 7.85. The van der Waals surface area contributed by atoms with Gasteiger partial charge in [-0.25, -0.2) is 0 Å². The molecule has 0 aromatic heterocycles. The topological polar surface area (TPSA) is 72.8 Å². The number of methoxy groups -OCH3 is 1.